The standard InChI is InChI=1S/C19H23BrN2O3S/c20-19-6-2-5-18(12-19)15-26(23,24)21-13-16-3-1-4-17(11-16)14-22-7-9-25-10-8-22/h1-6,11-12,21H,7-10,13-15H2. The van der Waals surface area contributed by atoms with Gasteiger partial charge in [-0.25, -0.2) is 13.1 Å². The number of rotatable bonds is 7. The van der Waals surface area contributed by atoms with E-state index in [-0.39, 0.29) is 5.75 Å². The lowest BCUT2D eigenvalue weighted by atomic mass is 10.1. The number of nitrogens with zero attached hydrogens (tertiary/aromatic N) is 1. The SMILES string of the molecule is O=S(=O)(Cc1cccc(Br)c1)NCc1cccc(CN2CCOCC2)c1. The lowest BCUT2D eigenvalue weighted by Gasteiger charge is -2.26. The first-order chi connectivity index (χ1) is 12.5. The van der Waals surface area contributed by atoms with Crippen molar-refractivity contribution in [1.29, 1.82) is 0 Å². The number of benzene rings is 2. The van der Waals surface area contributed by atoms with Crippen LogP contribution in [0.1, 0.15) is 16.7 Å². The van der Waals surface area contributed by atoms with Gasteiger partial charge in [0.25, 0.3) is 0 Å². The zero-order valence-electron chi connectivity index (χ0n) is 14.5. The Bertz CT molecular complexity index is 836. The molecule has 0 aliphatic carbocycles. The van der Waals surface area contributed by atoms with E-state index in [1.807, 2.05) is 36.4 Å². The summed E-state index contributed by atoms with van der Waals surface area (Å²) in [6.45, 7) is 4.58. The van der Waals surface area contributed by atoms with Gasteiger partial charge in [0.15, 0.2) is 0 Å². The van der Waals surface area contributed by atoms with Crippen LogP contribution >= 0.6 is 15.9 Å². The van der Waals surface area contributed by atoms with Crippen molar-refractivity contribution >= 4 is 26.0 Å². The second kappa shape index (κ2) is 9.10. The molecule has 1 saturated heterocycles. The number of sulfonamides is 1. The molecule has 5 nitrogen and oxygen atoms in total. The van der Waals surface area contributed by atoms with Crippen molar-refractivity contribution in [3.63, 3.8) is 0 Å². The van der Waals surface area contributed by atoms with Crippen molar-refractivity contribution in [2.45, 2.75) is 18.8 Å². The molecule has 140 valence electrons. The molecule has 0 bridgehead atoms. The van der Waals surface area contributed by atoms with Gasteiger partial charge in [0.05, 0.1) is 19.0 Å². The minimum atomic E-state index is -3.39. The lowest BCUT2D eigenvalue weighted by Crippen LogP contribution is -2.35. The molecule has 0 unspecified atom stereocenters. The van der Waals surface area contributed by atoms with Gasteiger partial charge in [-0.2, -0.15) is 0 Å². The van der Waals surface area contributed by atoms with Gasteiger partial charge in [-0.1, -0.05) is 52.3 Å². The van der Waals surface area contributed by atoms with Crippen LogP contribution in [0.4, 0.5) is 0 Å². The third-order valence-electron chi connectivity index (χ3n) is 4.24. The van der Waals surface area contributed by atoms with Gasteiger partial charge in [0, 0.05) is 30.7 Å². The van der Waals surface area contributed by atoms with Gasteiger partial charge >= 0.3 is 0 Å². The Hall–Kier alpha value is -1.25. The van der Waals surface area contributed by atoms with Crippen LogP contribution in [0.5, 0.6) is 0 Å². The van der Waals surface area contributed by atoms with E-state index in [1.165, 1.54) is 5.56 Å². The van der Waals surface area contributed by atoms with E-state index in [0.29, 0.717) is 6.54 Å². The molecule has 0 saturated carbocycles. The second-order valence-electron chi connectivity index (χ2n) is 6.42. The van der Waals surface area contributed by atoms with Crippen LogP contribution in [0.15, 0.2) is 53.0 Å². The van der Waals surface area contributed by atoms with Crippen LogP contribution in [0.25, 0.3) is 0 Å². The first kappa shape index (κ1) is 19.5. The van der Waals surface area contributed by atoms with Crippen molar-refractivity contribution in [2.75, 3.05) is 26.3 Å². The minimum Gasteiger partial charge on any atom is -0.379 e. The molecule has 0 amide bonds. The summed E-state index contributed by atoms with van der Waals surface area (Å²) in [5, 5.41) is 0. The quantitative estimate of drug-likeness (QED) is 0.721. The second-order valence-corrected chi connectivity index (χ2v) is 9.14. The summed E-state index contributed by atoms with van der Waals surface area (Å²) in [5.74, 6) is -0.0279. The Balaban J connectivity index is 1.57. The summed E-state index contributed by atoms with van der Waals surface area (Å²) in [7, 11) is -3.39. The average molecular weight is 439 g/mol. The van der Waals surface area contributed by atoms with E-state index in [2.05, 4.69) is 37.7 Å². The molecule has 0 aromatic heterocycles. The Morgan fingerprint density at radius 3 is 2.46 bits per heavy atom. The van der Waals surface area contributed by atoms with Crippen molar-refractivity contribution in [1.82, 2.24) is 9.62 Å². The summed E-state index contributed by atoms with van der Waals surface area (Å²) in [4.78, 5) is 2.35. The Morgan fingerprint density at radius 1 is 1.00 bits per heavy atom. The Labute approximate surface area is 163 Å². The topological polar surface area (TPSA) is 58.6 Å². The van der Waals surface area contributed by atoms with Crippen LogP contribution in [0.3, 0.4) is 0 Å². The summed E-state index contributed by atoms with van der Waals surface area (Å²) < 4.78 is 33.6. The summed E-state index contributed by atoms with van der Waals surface area (Å²) in [6.07, 6.45) is 0. The molecule has 3 rings (SSSR count). The molecule has 1 aliphatic rings. The van der Waals surface area contributed by atoms with Crippen LogP contribution in [0, 0.1) is 0 Å². The highest BCUT2D eigenvalue weighted by Crippen LogP contribution is 2.14. The highest BCUT2D eigenvalue weighted by molar-refractivity contribution is 9.10. The fourth-order valence-corrected chi connectivity index (χ4v) is 4.50. The van der Waals surface area contributed by atoms with Crippen LogP contribution in [0.2, 0.25) is 0 Å². The number of morpholine rings is 1. The minimum absolute atomic E-state index is 0.0279. The molecule has 1 N–H and O–H groups in total. The van der Waals surface area contributed by atoms with Crippen LogP contribution in [-0.4, -0.2) is 39.6 Å². The molecule has 2 aromatic rings. The predicted octanol–water partition coefficient (Wildman–Crippen LogP) is 2.90. The molecule has 0 atom stereocenters. The predicted molar refractivity (Wildman–Crippen MR) is 106 cm³/mol. The van der Waals surface area contributed by atoms with E-state index in [1.54, 1.807) is 0 Å². The van der Waals surface area contributed by atoms with Crippen molar-refractivity contribution in [3.8, 4) is 0 Å². The van der Waals surface area contributed by atoms with Crippen molar-refractivity contribution in [3.05, 3.63) is 69.7 Å². The summed E-state index contributed by atoms with van der Waals surface area (Å²) in [6, 6.07) is 15.4. The van der Waals surface area contributed by atoms with E-state index in [0.717, 1.165) is 48.4 Å². The van der Waals surface area contributed by atoms with Crippen LogP contribution in [-0.2, 0) is 33.6 Å². The van der Waals surface area contributed by atoms with Crippen molar-refractivity contribution < 1.29 is 13.2 Å². The Kier molecular flexibility index (Phi) is 6.83. The number of nitrogens with one attached hydrogen (secondary N) is 1. The highest BCUT2D eigenvalue weighted by Gasteiger charge is 2.13. The monoisotopic (exact) mass is 438 g/mol. The zero-order valence-corrected chi connectivity index (χ0v) is 16.9. The first-order valence-electron chi connectivity index (χ1n) is 8.60. The lowest BCUT2D eigenvalue weighted by molar-refractivity contribution is 0.0342. The molecule has 7 heteroatoms. The van der Waals surface area contributed by atoms with E-state index in [4.69, 9.17) is 4.74 Å². The van der Waals surface area contributed by atoms with Gasteiger partial charge in [-0.15, -0.1) is 0 Å². The number of halogens is 1. The molecular weight excluding hydrogens is 416 g/mol. The van der Waals surface area contributed by atoms with E-state index >= 15 is 0 Å². The smallest absolute Gasteiger partial charge is 0.216 e. The average Bonchev–Trinajstić information content (AvgIpc) is 2.61. The molecule has 2 aromatic carbocycles. The van der Waals surface area contributed by atoms with Gasteiger partial charge < -0.3 is 4.74 Å². The summed E-state index contributed by atoms with van der Waals surface area (Å²) >= 11 is 3.37. The Morgan fingerprint density at radius 2 is 1.69 bits per heavy atom. The van der Waals surface area contributed by atoms with Gasteiger partial charge in [-0.3, -0.25) is 4.90 Å². The number of hydrogen-bond acceptors (Lipinski definition) is 4. The molecule has 0 radical (unpaired) electrons. The largest absolute Gasteiger partial charge is 0.379 e. The molecule has 1 aliphatic heterocycles. The third-order valence-corrected chi connectivity index (χ3v) is 6.03. The zero-order chi connectivity index (χ0) is 18.4. The molecular formula is C19H23BrN2O3S. The fourth-order valence-electron chi connectivity index (χ4n) is 2.95. The van der Waals surface area contributed by atoms with E-state index < -0.39 is 10.0 Å². The van der Waals surface area contributed by atoms with Gasteiger partial charge in [-0.05, 0) is 28.8 Å². The highest BCUT2D eigenvalue weighted by atomic mass is 79.9. The molecule has 26 heavy (non-hydrogen) atoms. The van der Waals surface area contributed by atoms with Gasteiger partial charge in [0.2, 0.25) is 10.0 Å². The number of hydrogen-bond donors (Lipinski definition) is 1. The molecule has 0 spiro atoms. The first-order valence-corrected chi connectivity index (χ1v) is 11.0. The van der Waals surface area contributed by atoms with Gasteiger partial charge in [0.1, 0.15) is 0 Å². The van der Waals surface area contributed by atoms with Crippen molar-refractivity contribution in [2.24, 2.45) is 0 Å². The molecule has 1 heterocycles. The normalized spacial score (nSPS) is 15.9. The van der Waals surface area contributed by atoms with E-state index in [9.17, 15) is 8.42 Å². The fraction of sp³-hybridized carbons (Fsp3) is 0.368. The third kappa shape index (κ3) is 6.17. The summed E-state index contributed by atoms with van der Waals surface area (Å²) in [5.41, 5.74) is 2.91. The maximum atomic E-state index is 12.3. The maximum absolute atomic E-state index is 12.3. The van der Waals surface area contributed by atoms with Crippen LogP contribution < -0.4 is 4.72 Å². The molecule has 1 fully saturated rings. The number of ether oxygens (including phenoxy) is 1. The maximum Gasteiger partial charge on any atom is 0.216 e.